The Morgan fingerprint density at radius 1 is 1.19 bits per heavy atom. The Morgan fingerprint density at radius 2 is 1.85 bits per heavy atom. The summed E-state index contributed by atoms with van der Waals surface area (Å²) < 4.78 is 9.97. The average molecular weight is 378 g/mol. The van der Waals surface area contributed by atoms with Gasteiger partial charge in [-0.2, -0.15) is 0 Å². The molecule has 1 aliphatic heterocycles. The molecular weight excluding hydrogens is 356 g/mol. The van der Waals surface area contributed by atoms with E-state index in [1.165, 1.54) is 13.8 Å². The Balaban J connectivity index is 1.93. The number of carbonyl (C=O) groups excluding carboxylic acids is 3. The van der Waals surface area contributed by atoms with Crippen LogP contribution in [0.3, 0.4) is 0 Å². The highest BCUT2D eigenvalue weighted by molar-refractivity contribution is 5.87. The fourth-order valence-electron chi connectivity index (χ4n) is 2.80. The van der Waals surface area contributed by atoms with E-state index >= 15 is 0 Å². The van der Waals surface area contributed by atoms with E-state index in [1.54, 1.807) is 24.3 Å². The van der Waals surface area contributed by atoms with Crippen molar-refractivity contribution in [3.8, 4) is 5.75 Å². The van der Waals surface area contributed by atoms with E-state index in [0.717, 1.165) is 0 Å². The standard InChI is InChI=1S/C18H22N2O7/c1-10(21)26-13-5-3-12(4-6-13)7-16(18(24)25)20-17(23)15-8-14(9-19-15)27-11(2)22/h3-6,14-16,19H,7-9H2,1-2H3,(H,20,23)(H,24,25)/t14-,15+,16+/m1/s1. The first-order chi connectivity index (χ1) is 12.7. The van der Waals surface area contributed by atoms with E-state index < -0.39 is 42.0 Å². The second-order valence-corrected chi connectivity index (χ2v) is 6.27. The molecule has 9 nitrogen and oxygen atoms in total. The van der Waals surface area contributed by atoms with E-state index in [-0.39, 0.29) is 12.8 Å². The van der Waals surface area contributed by atoms with Crippen LogP contribution in [-0.4, -0.2) is 53.7 Å². The molecule has 0 bridgehead atoms. The van der Waals surface area contributed by atoms with Crippen molar-refractivity contribution in [2.24, 2.45) is 0 Å². The highest BCUT2D eigenvalue weighted by Crippen LogP contribution is 2.15. The molecule has 2 rings (SSSR count). The predicted octanol–water partition coefficient (Wildman–Crippen LogP) is 0.0174. The first-order valence-corrected chi connectivity index (χ1v) is 8.45. The molecule has 0 radical (unpaired) electrons. The quantitative estimate of drug-likeness (QED) is 0.447. The van der Waals surface area contributed by atoms with Gasteiger partial charge >= 0.3 is 17.9 Å². The third-order valence-electron chi connectivity index (χ3n) is 3.98. The number of nitrogens with one attached hydrogen (secondary N) is 2. The Bertz CT molecular complexity index is 717. The molecule has 0 saturated carbocycles. The normalized spacial score (nSPS) is 19.8. The van der Waals surface area contributed by atoms with E-state index in [4.69, 9.17) is 9.47 Å². The van der Waals surface area contributed by atoms with Gasteiger partial charge in [-0.25, -0.2) is 4.79 Å². The lowest BCUT2D eigenvalue weighted by Crippen LogP contribution is -2.49. The van der Waals surface area contributed by atoms with Gasteiger partial charge in [-0.1, -0.05) is 12.1 Å². The number of carbonyl (C=O) groups is 4. The van der Waals surface area contributed by atoms with E-state index in [2.05, 4.69) is 10.6 Å². The van der Waals surface area contributed by atoms with Gasteiger partial charge < -0.3 is 25.2 Å². The minimum absolute atomic E-state index is 0.0710. The fraction of sp³-hybridized carbons (Fsp3) is 0.444. The van der Waals surface area contributed by atoms with Crippen LogP contribution in [0, 0.1) is 0 Å². The summed E-state index contributed by atoms with van der Waals surface area (Å²) >= 11 is 0. The summed E-state index contributed by atoms with van der Waals surface area (Å²) in [6.45, 7) is 2.92. The number of rotatable bonds is 7. The molecular formula is C18H22N2O7. The molecule has 1 amide bonds. The number of carboxylic acid groups (broad SMARTS) is 1. The van der Waals surface area contributed by atoms with Crippen molar-refractivity contribution in [1.29, 1.82) is 0 Å². The van der Waals surface area contributed by atoms with Crippen molar-refractivity contribution in [3.63, 3.8) is 0 Å². The smallest absolute Gasteiger partial charge is 0.326 e. The molecule has 27 heavy (non-hydrogen) atoms. The average Bonchev–Trinajstić information content (AvgIpc) is 3.03. The van der Waals surface area contributed by atoms with Crippen LogP contribution in [0.15, 0.2) is 24.3 Å². The van der Waals surface area contributed by atoms with Gasteiger partial charge in [0, 0.05) is 33.2 Å². The maximum Gasteiger partial charge on any atom is 0.326 e. The SMILES string of the molecule is CC(=O)Oc1ccc(C[C@H](NC(=O)[C@@H]2C[C@@H](OC(C)=O)CN2)C(=O)O)cc1. The third-order valence-corrected chi connectivity index (χ3v) is 3.98. The Morgan fingerprint density at radius 3 is 2.41 bits per heavy atom. The van der Waals surface area contributed by atoms with Gasteiger partial charge in [0.05, 0.1) is 6.04 Å². The molecule has 1 fully saturated rings. The second kappa shape index (κ2) is 9.13. The van der Waals surface area contributed by atoms with Gasteiger partial charge in [0.25, 0.3) is 0 Å². The monoisotopic (exact) mass is 378 g/mol. The largest absolute Gasteiger partial charge is 0.480 e. The molecule has 9 heteroatoms. The van der Waals surface area contributed by atoms with Crippen LogP contribution >= 0.6 is 0 Å². The number of hydrogen-bond donors (Lipinski definition) is 3. The Hall–Kier alpha value is -2.94. The summed E-state index contributed by atoms with van der Waals surface area (Å²) in [4.78, 5) is 45.7. The predicted molar refractivity (Wildman–Crippen MR) is 93.0 cm³/mol. The lowest BCUT2D eigenvalue weighted by molar-refractivity contribution is -0.145. The molecule has 1 aliphatic rings. The molecule has 1 heterocycles. The maximum absolute atomic E-state index is 12.3. The number of carboxylic acids is 1. The first kappa shape index (κ1) is 20.4. The number of esters is 2. The van der Waals surface area contributed by atoms with Gasteiger partial charge in [-0.05, 0) is 17.7 Å². The fourth-order valence-corrected chi connectivity index (χ4v) is 2.80. The zero-order valence-corrected chi connectivity index (χ0v) is 15.1. The number of amides is 1. The van der Waals surface area contributed by atoms with Crippen molar-refractivity contribution in [2.45, 2.75) is 44.9 Å². The van der Waals surface area contributed by atoms with Gasteiger partial charge in [-0.15, -0.1) is 0 Å². The molecule has 0 unspecified atom stereocenters. The molecule has 1 aromatic carbocycles. The summed E-state index contributed by atoms with van der Waals surface area (Å²) in [6, 6.07) is 4.63. The third kappa shape index (κ3) is 6.37. The molecule has 0 aliphatic carbocycles. The van der Waals surface area contributed by atoms with E-state index in [0.29, 0.717) is 17.9 Å². The van der Waals surface area contributed by atoms with Gasteiger partial charge in [-0.3, -0.25) is 14.4 Å². The lowest BCUT2D eigenvalue weighted by Gasteiger charge is -2.18. The van der Waals surface area contributed by atoms with E-state index in [1.807, 2.05) is 0 Å². The highest BCUT2D eigenvalue weighted by Gasteiger charge is 2.33. The maximum atomic E-state index is 12.3. The van der Waals surface area contributed by atoms with Crippen molar-refractivity contribution >= 4 is 23.8 Å². The number of ether oxygens (including phenoxy) is 2. The zero-order chi connectivity index (χ0) is 20.0. The summed E-state index contributed by atoms with van der Waals surface area (Å²) in [5.74, 6) is -2.15. The molecule has 1 aromatic rings. The van der Waals surface area contributed by atoms with E-state index in [9.17, 15) is 24.3 Å². The second-order valence-electron chi connectivity index (χ2n) is 6.27. The van der Waals surface area contributed by atoms with Crippen molar-refractivity contribution in [3.05, 3.63) is 29.8 Å². The van der Waals surface area contributed by atoms with Crippen LogP contribution < -0.4 is 15.4 Å². The minimum Gasteiger partial charge on any atom is -0.480 e. The molecule has 0 spiro atoms. The zero-order valence-electron chi connectivity index (χ0n) is 15.1. The van der Waals surface area contributed by atoms with Gasteiger partial charge in [0.15, 0.2) is 0 Å². The Labute approximate surface area is 156 Å². The lowest BCUT2D eigenvalue weighted by atomic mass is 10.0. The minimum atomic E-state index is -1.16. The molecule has 3 N–H and O–H groups in total. The number of aliphatic carboxylic acids is 1. The molecule has 3 atom stereocenters. The Kier molecular flexibility index (Phi) is 6.89. The van der Waals surface area contributed by atoms with Crippen LogP contribution in [-0.2, 0) is 30.3 Å². The van der Waals surface area contributed by atoms with Crippen LogP contribution in [0.2, 0.25) is 0 Å². The summed E-state index contributed by atoms with van der Waals surface area (Å²) in [6.07, 6.45) is -0.0496. The summed E-state index contributed by atoms with van der Waals surface area (Å²) in [5, 5.41) is 14.8. The van der Waals surface area contributed by atoms with Crippen molar-refractivity contribution in [2.75, 3.05) is 6.54 Å². The number of benzene rings is 1. The number of hydrogen-bond acceptors (Lipinski definition) is 7. The van der Waals surface area contributed by atoms with Crippen LogP contribution in [0.5, 0.6) is 5.75 Å². The van der Waals surface area contributed by atoms with Crippen LogP contribution in [0.25, 0.3) is 0 Å². The molecule has 1 saturated heterocycles. The van der Waals surface area contributed by atoms with Crippen LogP contribution in [0.1, 0.15) is 25.8 Å². The molecule has 146 valence electrons. The van der Waals surface area contributed by atoms with Gasteiger partial charge in [0.1, 0.15) is 17.9 Å². The summed E-state index contributed by atoms with van der Waals surface area (Å²) in [7, 11) is 0. The first-order valence-electron chi connectivity index (χ1n) is 8.45. The van der Waals surface area contributed by atoms with Crippen LogP contribution in [0.4, 0.5) is 0 Å². The van der Waals surface area contributed by atoms with Crippen molar-refractivity contribution in [1.82, 2.24) is 10.6 Å². The van der Waals surface area contributed by atoms with Crippen molar-refractivity contribution < 1.29 is 33.8 Å². The topological polar surface area (TPSA) is 131 Å². The summed E-state index contributed by atoms with van der Waals surface area (Å²) in [5.41, 5.74) is 0.663. The molecule has 0 aromatic heterocycles. The van der Waals surface area contributed by atoms with Gasteiger partial charge in [0.2, 0.25) is 5.91 Å². The highest BCUT2D eigenvalue weighted by atomic mass is 16.5.